The quantitative estimate of drug-likeness (QED) is 0.921. The molecule has 0 unspecified atom stereocenters. The monoisotopic (exact) mass is 268 g/mol. The molecule has 1 N–H and O–H groups in total. The minimum Gasteiger partial charge on any atom is -0.306 e. The lowest BCUT2D eigenvalue weighted by Gasteiger charge is -2.10. The summed E-state index contributed by atoms with van der Waals surface area (Å²) in [7, 11) is 0. The molecule has 1 aromatic carbocycles. The third kappa shape index (κ3) is 2.40. The van der Waals surface area contributed by atoms with Crippen LogP contribution in [0.15, 0.2) is 29.1 Å². The van der Waals surface area contributed by atoms with Crippen LogP contribution < -0.4 is 5.56 Å². The molecule has 0 bridgehead atoms. The molecule has 0 radical (unpaired) electrons. The first-order valence-electron chi connectivity index (χ1n) is 7.27. The summed E-state index contributed by atoms with van der Waals surface area (Å²) in [4.78, 5) is 19.7. The van der Waals surface area contributed by atoms with E-state index in [0.29, 0.717) is 11.7 Å². The van der Waals surface area contributed by atoms with Crippen molar-refractivity contribution in [1.82, 2.24) is 9.97 Å². The predicted octanol–water partition coefficient (Wildman–Crippen LogP) is 3.75. The second-order valence-corrected chi connectivity index (χ2v) is 5.97. The van der Waals surface area contributed by atoms with E-state index in [0.717, 1.165) is 16.8 Å². The highest BCUT2D eigenvalue weighted by Gasteiger charge is 2.23. The van der Waals surface area contributed by atoms with E-state index >= 15 is 0 Å². The highest BCUT2D eigenvalue weighted by molar-refractivity contribution is 5.57. The maximum Gasteiger partial charge on any atom is 0.254 e. The van der Waals surface area contributed by atoms with Gasteiger partial charge in [0.2, 0.25) is 0 Å². The minimum absolute atomic E-state index is 0.0145. The number of aromatic nitrogens is 2. The van der Waals surface area contributed by atoms with Crippen LogP contribution in [0.2, 0.25) is 0 Å². The van der Waals surface area contributed by atoms with Crippen molar-refractivity contribution >= 4 is 0 Å². The number of benzene rings is 1. The number of hydrogen-bond donors (Lipinski definition) is 1. The Morgan fingerprint density at radius 3 is 2.65 bits per heavy atom. The van der Waals surface area contributed by atoms with Crippen molar-refractivity contribution in [3.8, 4) is 11.4 Å². The lowest BCUT2D eigenvalue weighted by atomic mass is 10.0. The largest absolute Gasteiger partial charge is 0.306 e. The number of hydrogen-bond acceptors (Lipinski definition) is 2. The van der Waals surface area contributed by atoms with Crippen molar-refractivity contribution in [2.45, 2.75) is 45.4 Å². The molecule has 1 heterocycles. The van der Waals surface area contributed by atoms with E-state index in [4.69, 9.17) is 0 Å². The first kappa shape index (κ1) is 13.1. The maximum absolute atomic E-state index is 12.2. The van der Waals surface area contributed by atoms with Gasteiger partial charge in [0.05, 0.1) is 0 Å². The van der Waals surface area contributed by atoms with Crippen LogP contribution in [0, 0.1) is 6.92 Å². The number of nitrogens with one attached hydrogen (secondary N) is 1. The molecule has 0 spiro atoms. The van der Waals surface area contributed by atoms with Crippen LogP contribution in [-0.2, 0) is 0 Å². The molecule has 3 heteroatoms. The highest BCUT2D eigenvalue weighted by atomic mass is 16.1. The van der Waals surface area contributed by atoms with Crippen LogP contribution in [0.25, 0.3) is 11.4 Å². The van der Waals surface area contributed by atoms with Gasteiger partial charge in [-0.25, -0.2) is 4.98 Å². The molecule has 0 aliphatic heterocycles. The Bertz CT molecular complexity index is 696. The van der Waals surface area contributed by atoms with Gasteiger partial charge in [-0.15, -0.1) is 0 Å². The summed E-state index contributed by atoms with van der Waals surface area (Å²) < 4.78 is 0. The van der Waals surface area contributed by atoms with Crippen LogP contribution >= 0.6 is 0 Å². The summed E-state index contributed by atoms with van der Waals surface area (Å²) in [6.45, 7) is 5.96. The van der Waals surface area contributed by atoms with Gasteiger partial charge in [0.25, 0.3) is 5.56 Å². The van der Waals surface area contributed by atoms with E-state index in [9.17, 15) is 4.79 Å². The van der Waals surface area contributed by atoms with Gasteiger partial charge in [0, 0.05) is 16.8 Å². The van der Waals surface area contributed by atoms with Crippen molar-refractivity contribution in [3.05, 3.63) is 51.4 Å². The zero-order valence-corrected chi connectivity index (χ0v) is 12.2. The molecule has 0 amide bonds. The number of aromatic amines is 1. The Morgan fingerprint density at radius 2 is 2.05 bits per heavy atom. The zero-order chi connectivity index (χ0) is 14.3. The van der Waals surface area contributed by atoms with E-state index in [2.05, 4.69) is 28.2 Å². The highest BCUT2D eigenvalue weighted by Crippen LogP contribution is 2.40. The van der Waals surface area contributed by atoms with Gasteiger partial charge in [-0.3, -0.25) is 4.79 Å². The fourth-order valence-corrected chi connectivity index (χ4v) is 2.77. The molecule has 3 rings (SSSR count). The van der Waals surface area contributed by atoms with E-state index < -0.39 is 0 Å². The molecule has 3 nitrogen and oxygen atoms in total. The molecule has 104 valence electrons. The second kappa shape index (κ2) is 4.89. The first-order chi connectivity index (χ1) is 9.56. The van der Waals surface area contributed by atoms with Gasteiger partial charge in [-0.2, -0.15) is 0 Å². The number of H-pyrrole nitrogens is 1. The topological polar surface area (TPSA) is 45.8 Å². The molecule has 1 aliphatic carbocycles. The number of nitrogens with zero attached hydrogens (tertiary/aromatic N) is 1. The molecule has 0 saturated heterocycles. The van der Waals surface area contributed by atoms with Crippen molar-refractivity contribution in [1.29, 1.82) is 0 Å². The van der Waals surface area contributed by atoms with Gasteiger partial charge in [0.1, 0.15) is 5.82 Å². The summed E-state index contributed by atoms with van der Waals surface area (Å²) in [5.41, 5.74) is 3.96. The van der Waals surface area contributed by atoms with Crippen molar-refractivity contribution in [3.63, 3.8) is 0 Å². The molecule has 2 aromatic rings. The summed E-state index contributed by atoms with van der Waals surface area (Å²) in [5, 5.41) is 0. The first-order valence-corrected chi connectivity index (χ1v) is 7.27. The third-order valence-corrected chi connectivity index (χ3v) is 3.93. The van der Waals surface area contributed by atoms with Gasteiger partial charge in [-0.05, 0) is 43.2 Å². The number of aryl methyl sites for hydroxylation is 1. The third-order valence-electron chi connectivity index (χ3n) is 3.93. The molecule has 0 atom stereocenters. The lowest BCUT2D eigenvalue weighted by molar-refractivity contribution is 0.815. The van der Waals surface area contributed by atoms with Crippen molar-refractivity contribution in [2.75, 3.05) is 0 Å². The van der Waals surface area contributed by atoms with Gasteiger partial charge >= 0.3 is 0 Å². The van der Waals surface area contributed by atoms with Crippen molar-refractivity contribution in [2.24, 2.45) is 0 Å². The van der Waals surface area contributed by atoms with Crippen LogP contribution in [0.5, 0.6) is 0 Å². The fraction of sp³-hybridized carbons (Fsp3) is 0.412. The number of rotatable bonds is 3. The molecular formula is C17H20N2O. The summed E-state index contributed by atoms with van der Waals surface area (Å²) >= 11 is 0. The van der Waals surface area contributed by atoms with E-state index in [-0.39, 0.29) is 11.5 Å². The van der Waals surface area contributed by atoms with Crippen LogP contribution in [-0.4, -0.2) is 9.97 Å². The van der Waals surface area contributed by atoms with Crippen LogP contribution in [0.1, 0.15) is 55.3 Å². The Morgan fingerprint density at radius 1 is 1.30 bits per heavy atom. The molecule has 20 heavy (non-hydrogen) atoms. The normalized spacial score (nSPS) is 14.8. The SMILES string of the molecule is Cc1nc(-c2cccc(C3CC3)c2)[nH]c(=O)c1C(C)C. The van der Waals surface area contributed by atoms with E-state index in [1.54, 1.807) is 0 Å². The maximum atomic E-state index is 12.2. The average molecular weight is 268 g/mol. The zero-order valence-electron chi connectivity index (χ0n) is 12.2. The lowest BCUT2D eigenvalue weighted by Crippen LogP contribution is -2.18. The predicted molar refractivity (Wildman–Crippen MR) is 81.1 cm³/mol. The van der Waals surface area contributed by atoms with E-state index in [1.165, 1.54) is 18.4 Å². The smallest absolute Gasteiger partial charge is 0.254 e. The molecule has 1 fully saturated rings. The minimum atomic E-state index is -0.0145. The van der Waals surface area contributed by atoms with E-state index in [1.807, 2.05) is 26.8 Å². The fourth-order valence-electron chi connectivity index (χ4n) is 2.77. The van der Waals surface area contributed by atoms with Crippen molar-refractivity contribution < 1.29 is 0 Å². The van der Waals surface area contributed by atoms with Gasteiger partial charge in [-0.1, -0.05) is 32.0 Å². The summed E-state index contributed by atoms with van der Waals surface area (Å²) in [6.07, 6.45) is 2.55. The standard InChI is InChI=1S/C17H20N2O/c1-10(2)15-11(3)18-16(19-17(15)20)14-6-4-5-13(9-14)12-7-8-12/h4-6,9-10,12H,7-8H2,1-3H3,(H,18,19,20). The Labute approximate surface area is 119 Å². The summed E-state index contributed by atoms with van der Waals surface area (Å²) in [6, 6.07) is 8.38. The average Bonchev–Trinajstić information content (AvgIpc) is 3.21. The van der Waals surface area contributed by atoms with Crippen LogP contribution in [0.4, 0.5) is 0 Å². The Kier molecular flexibility index (Phi) is 3.20. The van der Waals surface area contributed by atoms with Crippen LogP contribution in [0.3, 0.4) is 0 Å². The second-order valence-electron chi connectivity index (χ2n) is 5.97. The molecular weight excluding hydrogens is 248 g/mol. The Hall–Kier alpha value is -1.90. The summed E-state index contributed by atoms with van der Waals surface area (Å²) in [5.74, 6) is 1.58. The molecule has 1 aliphatic rings. The molecule has 1 saturated carbocycles. The van der Waals surface area contributed by atoms with Gasteiger partial charge in [0.15, 0.2) is 0 Å². The Balaban J connectivity index is 2.06. The molecule has 1 aromatic heterocycles. The van der Waals surface area contributed by atoms with Gasteiger partial charge < -0.3 is 4.98 Å².